The molecule has 12 heteroatoms. The number of rotatable bonds is 6. The Morgan fingerprint density at radius 3 is 1.24 bits per heavy atom. The van der Waals surface area contributed by atoms with E-state index in [1.54, 1.807) is 24.3 Å². The third kappa shape index (κ3) is 5.46. The SMILES string of the molecule is BCc1ccc(B2OB(c3ccc(CBr)cc3F)OB(c3ccc(CBr)cc3F)O2)c(F)c1. The standard InChI is InChI=1S/C21H17B4Br2F3O3/c22-10-13-1-4-16(19(28)7-13)23-31-24(17-5-2-14(11-26)8-20(17)29)33-25(32-23)18-6-3-15(12-27)9-21(18)30/h1-9H,10-12,22H2. The summed E-state index contributed by atoms with van der Waals surface area (Å²) in [6.45, 7) is 0. The highest BCUT2D eigenvalue weighted by Gasteiger charge is 2.46. The molecule has 33 heavy (non-hydrogen) atoms. The van der Waals surface area contributed by atoms with Crippen LogP contribution >= 0.6 is 31.9 Å². The van der Waals surface area contributed by atoms with Crippen LogP contribution in [0.4, 0.5) is 13.2 Å². The van der Waals surface area contributed by atoms with Crippen LogP contribution in [0.2, 0.25) is 0 Å². The van der Waals surface area contributed by atoms with Crippen molar-refractivity contribution in [1.29, 1.82) is 0 Å². The maximum absolute atomic E-state index is 14.9. The van der Waals surface area contributed by atoms with Crippen LogP contribution in [0.3, 0.4) is 0 Å². The van der Waals surface area contributed by atoms with Gasteiger partial charge in [-0.15, -0.1) is 0 Å². The second-order valence-corrected chi connectivity index (χ2v) is 8.71. The molecule has 0 amide bonds. The Balaban J connectivity index is 1.73. The molecule has 1 fully saturated rings. The maximum atomic E-state index is 14.9. The lowest BCUT2D eigenvalue weighted by Gasteiger charge is -2.32. The van der Waals surface area contributed by atoms with Crippen molar-refractivity contribution in [2.45, 2.75) is 17.0 Å². The number of alkyl halides is 2. The molecule has 1 aliphatic rings. The van der Waals surface area contributed by atoms with E-state index in [4.69, 9.17) is 13.7 Å². The highest BCUT2D eigenvalue weighted by molar-refractivity contribution is 9.08. The fourth-order valence-electron chi connectivity index (χ4n) is 3.54. The average molecular weight is 577 g/mol. The van der Waals surface area contributed by atoms with Gasteiger partial charge in [-0.25, -0.2) is 13.2 Å². The van der Waals surface area contributed by atoms with Gasteiger partial charge in [-0.05, 0) is 29.3 Å². The van der Waals surface area contributed by atoms with E-state index in [1.807, 2.05) is 7.85 Å². The van der Waals surface area contributed by atoms with Crippen molar-refractivity contribution in [3.05, 3.63) is 88.7 Å². The molecule has 3 nitrogen and oxygen atoms in total. The van der Waals surface area contributed by atoms with E-state index in [9.17, 15) is 13.2 Å². The molecule has 166 valence electrons. The zero-order valence-corrected chi connectivity index (χ0v) is 20.8. The van der Waals surface area contributed by atoms with Crippen LogP contribution in [0.25, 0.3) is 0 Å². The summed E-state index contributed by atoms with van der Waals surface area (Å²) < 4.78 is 62.1. The van der Waals surface area contributed by atoms with Gasteiger partial charge in [0, 0.05) is 27.0 Å². The third-order valence-corrected chi connectivity index (χ3v) is 6.71. The lowest BCUT2D eigenvalue weighted by atomic mass is 9.61. The molecule has 0 aromatic heterocycles. The van der Waals surface area contributed by atoms with Crippen LogP contribution in [-0.4, -0.2) is 29.2 Å². The summed E-state index contributed by atoms with van der Waals surface area (Å²) in [5.41, 5.74) is 2.62. The summed E-state index contributed by atoms with van der Waals surface area (Å²) in [6.07, 6.45) is 0.661. The van der Waals surface area contributed by atoms with Crippen LogP contribution in [-0.2, 0) is 30.7 Å². The summed E-state index contributed by atoms with van der Waals surface area (Å²) >= 11 is 6.59. The second kappa shape index (κ2) is 10.9. The molecule has 1 saturated heterocycles. The average Bonchev–Trinajstić information content (AvgIpc) is 2.83. The largest absolute Gasteiger partial charge is 0.470 e. The van der Waals surface area contributed by atoms with Crippen molar-refractivity contribution in [3.63, 3.8) is 0 Å². The summed E-state index contributed by atoms with van der Waals surface area (Å²) in [5.74, 6) is -1.62. The van der Waals surface area contributed by atoms with Crippen LogP contribution in [0.15, 0.2) is 54.6 Å². The van der Waals surface area contributed by atoms with Gasteiger partial charge in [-0.2, -0.15) is 0 Å². The fraction of sp³-hybridized carbons (Fsp3) is 0.143. The molecule has 1 heterocycles. The molecule has 0 saturated carbocycles. The maximum Gasteiger partial charge on any atom is 0.470 e. The minimum absolute atomic E-state index is 0.112. The lowest BCUT2D eigenvalue weighted by molar-refractivity contribution is 0.306. The van der Waals surface area contributed by atoms with Crippen LogP contribution in [0, 0.1) is 17.5 Å². The van der Waals surface area contributed by atoms with E-state index in [0.717, 1.165) is 16.7 Å². The molecule has 0 bridgehead atoms. The van der Waals surface area contributed by atoms with E-state index in [1.165, 1.54) is 30.3 Å². The lowest BCUT2D eigenvalue weighted by Crippen LogP contribution is -2.62. The first-order valence-electron chi connectivity index (χ1n) is 10.4. The molecular weight excluding hydrogens is 560 g/mol. The first-order valence-corrected chi connectivity index (χ1v) is 12.6. The first kappa shape index (κ1) is 24.7. The van der Waals surface area contributed by atoms with Gasteiger partial charge in [0.25, 0.3) is 0 Å². The molecule has 0 radical (unpaired) electrons. The highest BCUT2D eigenvalue weighted by atomic mass is 79.9. The molecule has 0 aliphatic carbocycles. The summed E-state index contributed by atoms with van der Waals surface area (Å²) in [4.78, 5) is 0. The Bertz CT molecular complexity index is 1010. The van der Waals surface area contributed by atoms with Crippen molar-refractivity contribution in [3.8, 4) is 0 Å². The molecule has 3 aromatic rings. The Morgan fingerprint density at radius 2 is 0.939 bits per heavy atom. The normalized spacial score (nSPS) is 14.2. The van der Waals surface area contributed by atoms with Gasteiger partial charge in [0.05, 0.1) is 0 Å². The molecular formula is C21H17B4Br2F3O3. The van der Waals surface area contributed by atoms with E-state index < -0.39 is 38.8 Å². The predicted molar refractivity (Wildman–Crippen MR) is 136 cm³/mol. The van der Waals surface area contributed by atoms with E-state index in [2.05, 4.69) is 31.9 Å². The van der Waals surface area contributed by atoms with Crippen LogP contribution < -0.4 is 16.4 Å². The van der Waals surface area contributed by atoms with E-state index in [0.29, 0.717) is 17.0 Å². The van der Waals surface area contributed by atoms with E-state index >= 15 is 0 Å². The third-order valence-electron chi connectivity index (χ3n) is 5.41. The summed E-state index contributed by atoms with van der Waals surface area (Å²) in [7, 11) is -1.79. The highest BCUT2D eigenvalue weighted by Crippen LogP contribution is 2.16. The number of halogens is 5. The number of hydrogen-bond donors (Lipinski definition) is 0. The van der Waals surface area contributed by atoms with Gasteiger partial charge in [0.2, 0.25) is 0 Å². The molecule has 3 aromatic carbocycles. The summed E-state index contributed by atoms with van der Waals surface area (Å²) in [5, 5.41) is 0.954. The van der Waals surface area contributed by atoms with Gasteiger partial charge in [0.1, 0.15) is 25.3 Å². The fourth-order valence-corrected chi connectivity index (χ4v) is 4.24. The second-order valence-electron chi connectivity index (χ2n) is 7.59. The minimum Gasteiger partial charge on any atom is -0.444 e. The Morgan fingerprint density at radius 1 is 0.606 bits per heavy atom. The zero-order chi connectivity index (χ0) is 23.5. The van der Waals surface area contributed by atoms with Crippen molar-refractivity contribution in [2.24, 2.45) is 0 Å². The van der Waals surface area contributed by atoms with Crippen molar-refractivity contribution < 1.29 is 26.9 Å². The number of benzene rings is 3. The Labute approximate surface area is 209 Å². The quantitative estimate of drug-likeness (QED) is 0.333. The van der Waals surface area contributed by atoms with Gasteiger partial charge < -0.3 is 13.7 Å². The zero-order valence-electron chi connectivity index (χ0n) is 17.7. The minimum atomic E-state index is -1.24. The summed E-state index contributed by atoms with van der Waals surface area (Å²) in [6, 6.07) is 14.0. The molecule has 4 rings (SSSR count). The van der Waals surface area contributed by atoms with Gasteiger partial charge in [-0.1, -0.05) is 80.1 Å². The Kier molecular flexibility index (Phi) is 8.12. The van der Waals surface area contributed by atoms with Crippen LogP contribution in [0.1, 0.15) is 16.7 Å². The van der Waals surface area contributed by atoms with E-state index in [-0.39, 0.29) is 16.4 Å². The monoisotopic (exact) mass is 576 g/mol. The van der Waals surface area contributed by atoms with Crippen molar-refractivity contribution in [2.75, 3.05) is 0 Å². The van der Waals surface area contributed by atoms with Crippen LogP contribution in [0.5, 0.6) is 0 Å². The predicted octanol–water partition coefficient (Wildman–Crippen LogP) is 2.58. The van der Waals surface area contributed by atoms with Gasteiger partial charge >= 0.3 is 21.4 Å². The van der Waals surface area contributed by atoms with Crippen molar-refractivity contribution in [1.82, 2.24) is 0 Å². The molecule has 1 aliphatic heterocycles. The molecule has 0 unspecified atom stereocenters. The van der Waals surface area contributed by atoms with Crippen molar-refractivity contribution >= 4 is 77.4 Å². The smallest absolute Gasteiger partial charge is 0.444 e. The topological polar surface area (TPSA) is 27.7 Å². The Hall–Kier alpha value is -1.45. The molecule has 0 atom stereocenters. The van der Waals surface area contributed by atoms with Gasteiger partial charge in [0.15, 0.2) is 0 Å². The first-order chi connectivity index (χ1) is 15.9. The molecule has 0 spiro atoms. The molecule has 0 N–H and O–H groups in total. The number of hydrogen-bond acceptors (Lipinski definition) is 3. The van der Waals surface area contributed by atoms with Gasteiger partial charge in [-0.3, -0.25) is 0 Å².